The van der Waals surface area contributed by atoms with Crippen LogP contribution in [0.3, 0.4) is 0 Å². The minimum absolute atomic E-state index is 0.197. The van der Waals surface area contributed by atoms with Crippen molar-refractivity contribution in [2.75, 3.05) is 23.8 Å². The number of carbonyl (C=O) groups is 3. The molecule has 33 heavy (non-hydrogen) atoms. The van der Waals surface area contributed by atoms with Gasteiger partial charge in [-0.2, -0.15) is 0 Å². The Labute approximate surface area is 195 Å². The third kappa shape index (κ3) is 7.26. The van der Waals surface area contributed by atoms with E-state index in [9.17, 15) is 14.4 Å². The lowest BCUT2D eigenvalue weighted by molar-refractivity contribution is -0.118. The van der Waals surface area contributed by atoms with Crippen LogP contribution >= 0.6 is 11.6 Å². The average Bonchev–Trinajstić information content (AvgIpc) is 2.80. The van der Waals surface area contributed by atoms with Gasteiger partial charge in [-0.15, -0.1) is 0 Å². The van der Waals surface area contributed by atoms with E-state index in [2.05, 4.69) is 10.6 Å². The summed E-state index contributed by atoms with van der Waals surface area (Å²) in [7, 11) is 0. The van der Waals surface area contributed by atoms with E-state index in [0.29, 0.717) is 27.7 Å². The first-order chi connectivity index (χ1) is 15.9. The molecule has 2 amide bonds. The van der Waals surface area contributed by atoms with Crippen molar-refractivity contribution in [3.63, 3.8) is 0 Å². The molecule has 9 heteroatoms. The van der Waals surface area contributed by atoms with Crippen LogP contribution in [0.4, 0.5) is 16.2 Å². The molecular formula is C24H21ClN2O6. The largest absolute Gasteiger partial charge is 0.513 e. The zero-order valence-electron chi connectivity index (χ0n) is 17.7. The molecule has 0 saturated carbocycles. The molecule has 0 fully saturated rings. The van der Waals surface area contributed by atoms with Gasteiger partial charge in [0.05, 0.1) is 18.0 Å². The van der Waals surface area contributed by atoms with Gasteiger partial charge in [-0.3, -0.25) is 9.59 Å². The van der Waals surface area contributed by atoms with E-state index in [1.807, 2.05) is 0 Å². The lowest BCUT2D eigenvalue weighted by Gasteiger charge is -2.13. The van der Waals surface area contributed by atoms with Crippen molar-refractivity contribution in [1.29, 1.82) is 0 Å². The molecule has 0 aliphatic rings. The lowest BCUT2D eigenvalue weighted by atomic mass is 10.2. The zero-order chi connectivity index (χ0) is 23.6. The first-order valence-corrected chi connectivity index (χ1v) is 10.4. The lowest BCUT2D eigenvalue weighted by Crippen LogP contribution is -2.21. The monoisotopic (exact) mass is 468 g/mol. The van der Waals surface area contributed by atoms with Crippen molar-refractivity contribution < 1.29 is 28.6 Å². The first kappa shape index (κ1) is 23.6. The van der Waals surface area contributed by atoms with E-state index in [4.69, 9.17) is 25.8 Å². The Morgan fingerprint density at radius 3 is 2.06 bits per heavy atom. The van der Waals surface area contributed by atoms with Crippen molar-refractivity contribution in [2.24, 2.45) is 0 Å². The smallest absolute Gasteiger partial charge is 0.484 e. The van der Waals surface area contributed by atoms with E-state index >= 15 is 0 Å². The zero-order valence-corrected chi connectivity index (χ0v) is 18.4. The predicted octanol–water partition coefficient (Wildman–Crippen LogP) is 5.15. The Hall–Kier alpha value is -4.04. The number of rotatable bonds is 8. The van der Waals surface area contributed by atoms with Crippen LogP contribution in [0.15, 0.2) is 72.8 Å². The summed E-state index contributed by atoms with van der Waals surface area (Å²) in [6.45, 7) is 1.65. The van der Waals surface area contributed by atoms with Crippen molar-refractivity contribution in [2.45, 2.75) is 6.92 Å². The second-order valence-corrected chi connectivity index (χ2v) is 7.04. The van der Waals surface area contributed by atoms with Crippen molar-refractivity contribution in [3.05, 3.63) is 83.4 Å². The van der Waals surface area contributed by atoms with Gasteiger partial charge in [-0.05, 0) is 67.6 Å². The number of halogens is 1. The van der Waals surface area contributed by atoms with E-state index in [1.165, 1.54) is 24.3 Å². The number of ether oxygens (including phenoxy) is 3. The molecule has 0 aliphatic heterocycles. The van der Waals surface area contributed by atoms with Crippen LogP contribution < -0.4 is 20.1 Å². The highest BCUT2D eigenvalue weighted by atomic mass is 35.5. The molecule has 0 radical (unpaired) electrons. The maximum absolute atomic E-state index is 12.6. The second-order valence-electron chi connectivity index (χ2n) is 6.60. The molecule has 0 aromatic heterocycles. The van der Waals surface area contributed by atoms with Gasteiger partial charge >= 0.3 is 6.16 Å². The van der Waals surface area contributed by atoms with Gasteiger partial charge in [-0.25, -0.2) is 4.79 Å². The molecular weight excluding hydrogens is 448 g/mol. The number of carbonyl (C=O) groups excluding carboxylic acids is 3. The summed E-state index contributed by atoms with van der Waals surface area (Å²) in [5, 5.41) is 6.03. The Kier molecular flexibility index (Phi) is 8.26. The van der Waals surface area contributed by atoms with Crippen LogP contribution in [-0.4, -0.2) is 31.2 Å². The normalized spacial score (nSPS) is 10.1. The molecule has 0 spiro atoms. The third-order valence-electron chi connectivity index (χ3n) is 4.21. The molecule has 0 aliphatic carbocycles. The van der Waals surface area contributed by atoms with Crippen LogP contribution in [0.25, 0.3) is 0 Å². The summed E-state index contributed by atoms with van der Waals surface area (Å²) in [6.07, 6.45) is -0.820. The van der Waals surface area contributed by atoms with Crippen LogP contribution in [0.5, 0.6) is 11.5 Å². The highest BCUT2D eigenvalue weighted by Crippen LogP contribution is 2.23. The number of nitrogens with one attached hydrogen (secondary N) is 2. The number of hydrogen-bond donors (Lipinski definition) is 2. The van der Waals surface area contributed by atoms with E-state index in [1.54, 1.807) is 55.5 Å². The van der Waals surface area contributed by atoms with E-state index in [-0.39, 0.29) is 19.0 Å². The summed E-state index contributed by atoms with van der Waals surface area (Å²) >= 11 is 5.83. The molecule has 170 valence electrons. The Morgan fingerprint density at radius 1 is 0.818 bits per heavy atom. The summed E-state index contributed by atoms with van der Waals surface area (Å²) < 4.78 is 15.1. The van der Waals surface area contributed by atoms with Gasteiger partial charge in [0, 0.05) is 10.6 Å². The molecule has 8 nitrogen and oxygen atoms in total. The molecule has 2 N–H and O–H groups in total. The molecule has 0 heterocycles. The number of para-hydroxylation sites is 2. The fourth-order valence-corrected chi connectivity index (χ4v) is 2.81. The van der Waals surface area contributed by atoms with Gasteiger partial charge in [0.25, 0.3) is 11.8 Å². The maximum atomic E-state index is 12.6. The molecule has 3 rings (SSSR count). The van der Waals surface area contributed by atoms with Gasteiger partial charge in [0.1, 0.15) is 11.5 Å². The molecule has 0 atom stereocenters. The minimum Gasteiger partial charge on any atom is -0.484 e. The first-order valence-electron chi connectivity index (χ1n) is 9.98. The Bertz CT molecular complexity index is 1120. The Balaban J connectivity index is 1.59. The molecule has 0 unspecified atom stereocenters. The van der Waals surface area contributed by atoms with Crippen LogP contribution in [0.1, 0.15) is 17.3 Å². The standard InChI is InChI=1S/C24H21ClN2O6/c1-2-31-24(30)33-19-11-7-16(8-12-19)23(29)27-21-6-4-3-5-20(21)26-22(28)15-32-18-13-9-17(25)10-14-18/h3-14H,2,15H2,1H3,(H,26,28)(H,27,29). The molecule has 3 aromatic carbocycles. The number of hydrogen-bond acceptors (Lipinski definition) is 6. The van der Waals surface area contributed by atoms with Crippen molar-refractivity contribution in [1.82, 2.24) is 0 Å². The van der Waals surface area contributed by atoms with Crippen LogP contribution in [0, 0.1) is 0 Å². The quantitative estimate of drug-likeness (QED) is 0.350. The highest BCUT2D eigenvalue weighted by molar-refractivity contribution is 6.30. The van der Waals surface area contributed by atoms with Gasteiger partial charge in [0.15, 0.2) is 6.61 Å². The predicted molar refractivity (Wildman–Crippen MR) is 124 cm³/mol. The molecule has 0 saturated heterocycles. The Morgan fingerprint density at radius 2 is 1.42 bits per heavy atom. The van der Waals surface area contributed by atoms with E-state index < -0.39 is 18.0 Å². The number of benzene rings is 3. The summed E-state index contributed by atoms with van der Waals surface area (Å²) in [6, 6.07) is 19.4. The number of amides is 2. The van der Waals surface area contributed by atoms with Crippen LogP contribution in [0.2, 0.25) is 5.02 Å². The van der Waals surface area contributed by atoms with Gasteiger partial charge < -0.3 is 24.8 Å². The summed E-state index contributed by atoms with van der Waals surface area (Å²) in [5.74, 6) is -0.0474. The summed E-state index contributed by atoms with van der Waals surface area (Å²) in [4.78, 5) is 36.3. The minimum atomic E-state index is -0.820. The van der Waals surface area contributed by atoms with Crippen molar-refractivity contribution in [3.8, 4) is 11.5 Å². The van der Waals surface area contributed by atoms with Gasteiger partial charge in [0.2, 0.25) is 0 Å². The average molecular weight is 469 g/mol. The number of anilines is 2. The third-order valence-corrected chi connectivity index (χ3v) is 4.46. The molecule has 3 aromatic rings. The van der Waals surface area contributed by atoms with E-state index in [0.717, 1.165) is 0 Å². The second kappa shape index (κ2) is 11.5. The van der Waals surface area contributed by atoms with Crippen molar-refractivity contribution >= 4 is 40.9 Å². The maximum Gasteiger partial charge on any atom is 0.513 e. The topological polar surface area (TPSA) is 103 Å². The fourth-order valence-electron chi connectivity index (χ4n) is 2.68. The fraction of sp³-hybridized carbons (Fsp3) is 0.125. The summed E-state index contributed by atoms with van der Waals surface area (Å²) in [5.41, 5.74) is 1.16. The van der Waals surface area contributed by atoms with Crippen LogP contribution in [-0.2, 0) is 9.53 Å². The highest BCUT2D eigenvalue weighted by Gasteiger charge is 2.12. The van der Waals surface area contributed by atoms with Gasteiger partial charge in [-0.1, -0.05) is 23.7 Å². The SMILES string of the molecule is CCOC(=O)Oc1ccc(C(=O)Nc2ccccc2NC(=O)COc2ccc(Cl)cc2)cc1. The molecule has 0 bridgehead atoms.